The van der Waals surface area contributed by atoms with Gasteiger partial charge in [0.2, 0.25) is 0 Å². The Bertz CT molecular complexity index is 469. The van der Waals surface area contributed by atoms with Gasteiger partial charge < -0.3 is 5.32 Å². The number of aromatic nitrogens is 4. The van der Waals surface area contributed by atoms with E-state index < -0.39 is 0 Å². The number of nitrogens with one attached hydrogen (secondary N) is 1. The highest BCUT2D eigenvalue weighted by Gasteiger charge is 2.07. The normalized spacial score (nSPS) is 10.7. The summed E-state index contributed by atoms with van der Waals surface area (Å²) in [4.78, 5) is 8.31. The van der Waals surface area contributed by atoms with Crippen molar-refractivity contribution in [3.63, 3.8) is 0 Å². The van der Waals surface area contributed by atoms with Crippen molar-refractivity contribution in [2.45, 2.75) is 19.9 Å². The molecule has 0 aliphatic carbocycles. The molecule has 0 aliphatic heterocycles. The van der Waals surface area contributed by atoms with E-state index in [1.165, 1.54) is 6.33 Å². The number of rotatable bonds is 5. The maximum absolute atomic E-state index is 4.37. The fourth-order valence-electron chi connectivity index (χ4n) is 1.53. The lowest BCUT2D eigenvalue weighted by atomic mass is 10.2. The van der Waals surface area contributed by atoms with Crippen LogP contribution in [0.15, 0.2) is 29.4 Å². The van der Waals surface area contributed by atoms with Crippen molar-refractivity contribution in [1.29, 1.82) is 0 Å². The van der Waals surface area contributed by atoms with E-state index in [9.17, 15) is 0 Å². The molecule has 6 heteroatoms. The Labute approximate surface area is 108 Å². The number of nitrogens with zero attached hydrogens (tertiary/aromatic N) is 4. The summed E-state index contributed by atoms with van der Waals surface area (Å²) in [5.74, 6) is 0.814. The average Bonchev–Trinajstić information content (AvgIpc) is 2.83. The molecule has 0 saturated carbocycles. The molecule has 17 heavy (non-hydrogen) atoms. The minimum absolute atomic E-state index is 0.773. The van der Waals surface area contributed by atoms with Gasteiger partial charge in [0, 0.05) is 22.8 Å². The lowest BCUT2D eigenvalue weighted by molar-refractivity contribution is 0.666. The van der Waals surface area contributed by atoms with Crippen LogP contribution in [0.1, 0.15) is 18.9 Å². The van der Waals surface area contributed by atoms with Crippen LogP contribution in [0.4, 0.5) is 0 Å². The fraction of sp³-hybridized carbons (Fsp3) is 0.364. The zero-order chi connectivity index (χ0) is 12.1. The van der Waals surface area contributed by atoms with Gasteiger partial charge in [0.15, 0.2) is 5.82 Å². The molecule has 0 fully saturated rings. The molecule has 0 bridgehead atoms. The molecular weight excluding hydrogens is 282 g/mol. The Kier molecular flexibility index (Phi) is 4.22. The minimum atomic E-state index is 0.773. The first-order valence-electron chi connectivity index (χ1n) is 5.51. The van der Waals surface area contributed by atoms with Gasteiger partial charge in [0.1, 0.15) is 12.7 Å². The van der Waals surface area contributed by atoms with Crippen molar-refractivity contribution in [1.82, 2.24) is 25.1 Å². The summed E-state index contributed by atoms with van der Waals surface area (Å²) in [5, 5.41) is 7.46. The quantitative estimate of drug-likeness (QED) is 0.857. The number of halogens is 1. The third-order valence-electron chi connectivity index (χ3n) is 2.29. The lowest BCUT2D eigenvalue weighted by Crippen LogP contribution is -2.16. The third-order valence-corrected chi connectivity index (χ3v) is 2.72. The second kappa shape index (κ2) is 5.88. The Morgan fingerprint density at radius 1 is 1.47 bits per heavy atom. The molecule has 0 atom stereocenters. The van der Waals surface area contributed by atoms with E-state index in [1.807, 2.05) is 6.07 Å². The van der Waals surface area contributed by atoms with Gasteiger partial charge in [0.25, 0.3) is 0 Å². The number of hydrogen-bond acceptors (Lipinski definition) is 4. The molecule has 2 aromatic rings. The third kappa shape index (κ3) is 3.10. The van der Waals surface area contributed by atoms with Crippen LogP contribution >= 0.6 is 15.9 Å². The van der Waals surface area contributed by atoms with Crippen molar-refractivity contribution < 1.29 is 0 Å². The van der Waals surface area contributed by atoms with Gasteiger partial charge >= 0.3 is 0 Å². The van der Waals surface area contributed by atoms with Gasteiger partial charge in [-0.05, 0) is 35.0 Å². The molecule has 0 amide bonds. The van der Waals surface area contributed by atoms with Crippen LogP contribution in [0.5, 0.6) is 0 Å². The second-order valence-corrected chi connectivity index (χ2v) is 4.57. The molecule has 5 nitrogen and oxygen atoms in total. The van der Waals surface area contributed by atoms with E-state index in [1.54, 1.807) is 17.2 Å². The van der Waals surface area contributed by atoms with Crippen molar-refractivity contribution in [2.24, 2.45) is 0 Å². The van der Waals surface area contributed by atoms with Gasteiger partial charge in [-0.15, -0.1) is 0 Å². The predicted octanol–water partition coefficient (Wildman–Crippen LogP) is 1.92. The van der Waals surface area contributed by atoms with E-state index in [2.05, 4.69) is 43.2 Å². The molecule has 0 aromatic carbocycles. The molecule has 90 valence electrons. The Morgan fingerprint density at radius 3 is 3.06 bits per heavy atom. The molecule has 1 N–H and O–H groups in total. The topological polar surface area (TPSA) is 55.6 Å². The summed E-state index contributed by atoms with van der Waals surface area (Å²) in [5.41, 5.74) is 1.10. The molecule has 0 unspecified atom stereocenters. The average molecular weight is 296 g/mol. The standard InChI is InChI=1S/C11H14BrN5/c1-2-3-13-5-9-4-10(12)6-15-11(9)17-8-14-7-16-17/h4,6-8,13H,2-3,5H2,1H3. The van der Waals surface area contributed by atoms with Gasteiger partial charge in [-0.25, -0.2) is 14.6 Å². The highest BCUT2D eigenvalue weighted by Crippen LogP contribution is 2.16. The van der Waals surface area contributed by atoms with Crippen LogP contribution in [0.3, 0.4) is 0 Å². The smallest absolute Gasteiger partial charge is 0.159 e. The molecule has 2 rings (SSSR count). The SMILES string of the molecule is CCCNCc1cc(Br)cnc1-n1cncn1. The van der Waals surface area contributed by atoms with Gasteiger partial charge in [0.05, 0.1) is 0 Å². The lowest BCUT2D eigenvalue weighted by Gasteiger charge is -2.09. The summed E-state index contributed by atoms with van der Waals surface area (Å²) >= 11 is 3.43. The summed E-state index contributed by atoms with van der Waals surface area (Å²) in [6.07, 6.45) is 6.03. The Hall–Kier alpha value is -1.27. The van der Waals surface area contributed by atoms with Gasteiger partial charge in [-0.2, -0.15) is 5.10 Å². The van der Waals surface area contributed by atoms with E-state index in [0.29, 0.717) is 0 Å². The second-order valence-electron chi connectivity index (χ2n) is 3.65. The molecule has 0 radical (unpaired) electrons. The van der Waals surface area contributed by atoms with E-state index in [0.717, 1.165) is 35.4 Å². The molecule has 0 aliphatic rings. The molecule has 2 heterocycles. The van der Waals surface area contributed by atoms with E-state index in [-0.39, 0.29) is 0 Å². The maximum atomic E-state index is 4.37. The zero-order valence-corrected chi connectivity index (χ0v) is 11.2. The molecule has 0 saturated heterocycles. The Balaban J connectivity index is 2.25. The van der Waals surface area contributed by atoms with Crippen LogP contribution in [0.2, 0.25) is 0 Å². The van der Waals surface area contributed by atoms with Crippen LogP contribution in [0.25, 0.3) is 5.82 Å². The molecule has 2 aromatic heterocycles. The van der Waals surface area contributed by atoms with Gasteiger partial charge in [-0.1, -0.05) is 6.92 Å². The minimum Gasteiger partial charge on any atom is -0.313 e. The van der Waals surface area contributed by atoms with Crippen molar-refractivity contribution in [3.05, 3.63) is 35.0 Å². The van der Waals surface area contributed by atoms with Crippen LogP contribution in [0, 0.1) is 0 Å². The van der Waals surface area contributed by atoms with Gasteiger partial charge in [-0.3, -0.25) is 0 Å². The first-order chi connectivity index (χ1) is 8.31. The van der Waals surface area contributed by atoms with Crippen molar-refractivity contribution in [2.75, 3.05) is 6.54 Å². The summed E-state index contributed by atoms with van der Waals surface area (Å²) in [7, 11) is 0. The van der Waals surface area contributed by atoms with Crippen molar-refractivity contribution in [3.8, 4) is 5.82 Å². The Morgan fingerprint density at radius 2 is 2.35 bits per heavy atom. The highest BCUT2D eigenvalue weighted by atomic mass is 79.9. The van der Waals surface area contributed by atoms with Crippen LogP contribution in [-0.4, -0.2) is 26.3 Å². The van der Waals surface area contributed by atoms with E-state index in [4.69, 9.17) is 0 Å². The van der Waals surface area contributed by atoms with Crippen molar-refractivity contribution >= 4 is 15.9 Å². The summed E-state index contributed by atoms with van der Waals surface area (Å²) in [6.45, 7) is 3.91. The van der Waals surface area contributed by atoms with Crippen LogP contribution < -0.4 is 5.32 Å². The van der Waals surface area contributed by atoms with E-state index >= 15 is 0 Å². The monoisotopic (exact) mass is 295 g/mol. The molecular formula is C11H14BrN5. The zero-order valence-electron chi connectivity index (χ0n) is 9.60. The maximum Gasteiger partial charge on any atom is 0.159 e. The van der Waals surface area contributed by atoms with Crippen LogP contribution in [-0.2, 0) is 6.54 Å². The first-order valence-corrected chi connectivity index (χ1v) is 6.30. The predicted molar refractivity (Wildman–Crippen MR) is 68.9 cm³/mol. The first kappa shape index (κ1) is 12.2. The summed E-state index contributed by atoms with van der Waals surface area (Å²) < 4.78 is 2.64. The highest BCUT2D eigenvalue weighted by molar-refractivity contribution is 9.10. The number of pyridine rings is 1. The summed E-state index contributed by atoms with van der Waals surface area (Å²) in [6, 6.07) is 2.05. The number of hydrogen-bond donors (Lipinski definition) is 1. The largest absolute Gasteiger partial charge is 0.313 e. The fourth-order valence-corrected chi connectivity index (χ4v) is 1.91. The molecule has 0 spiro atoms.